The summed E-state index contributed by atoms with van der Waals surface area (Å²) < 4.78 is 4.61. The van der Waals surface area contributed by atoms with Gasteiger partial charge in [0.2, 0.25) is 0 Å². The number of carbonyl (C=O) groups is 2. The quantitative estimate of drug-likeness (QED) is 0.795. The van der Waals surface area contributed by atoms with Crippen LogP contribution in [0.15, 0.2) is 24.4 Å². The van der Waals surface area contributed by atoms with E-state index >= 15 is 0 Å². The molecule has 6 nitrogen and oxygen atoms in total. The summed E-state index contributed by atoms with van der Waals surface area (Å²) in [7, 11) is 1.24. The molecule has 0 saturated heterocycles. The molecule has 1 heterocycles. The summed E-state index contributed by atoms with van der Waals surface area (Å²) in [6.07, 6.45) is 1.68. The summed E-state index contributed by atoms with van der Waals surface area (Å²) in [6.45, 7) is 1.67. The normalized spacial score (nSPS) is 12.9. The van der Waals surface area contributed by atoms with Gasteiger partial charge in [-0.25, -0.2) is 4.79 Å². The SMILES string of the molecule is COC(=O)[C@H](C[C@@H](C)C#N)NC(=O)c1ccccn1. The molecule has 0 saturated carbocycles. The molecule has 0 unspecified atom stereocenters. The number of nitriles is 1. The molecule has 1 aromatic rings. The maximum atomic E-state index is 11.9. The zero-order chi connectivity index (χ0) is 14.3. The fourth-order valence-corrected chi connectivity index (χ4v) is 1.49. The van der Waals surface area contributed by atoms with Crippen molar-refractivity contribution in [2.45, 2.75) is 19.4 Å². The molecule has 2 atom stereocenters. The molecule has 1 N–H and O–H groups in total. The van der Waals surface area contributed by atoms with Crippen molar-refractivity contribution in [2.75, 3.05) is 7.11 Å². The molecule has 1 amide bonds. The van der Waals surface area contributed by atoms with Gasteiger partial charge in [0.25, 0.3) is 5.91 Å². The molecule has 1 aromatic heterocycles. The van der Waals surface area contributed by atoms with E-state index in [9.17, 15) is 9.59 Å². The number of hydrogen-bond acceptors (Lipinski definition) is 5. The summed E-state index contributed by atoms with van der Waals surface area (Å²) in [6, 6.07) is 6.06. The van der Waals surface area contributed by atoms with Gasteiger partial charge in [0.05, 0.1) is 13.2 Å². The van der Waals surface area contributed by atoms with Crippen LogP contribution in [0, 0.1) is 17.2 Å². The van der Waals surface area contributed by atoms with Gasteiger partial charge in [0.15, 0.2) is 0 Å². The zero-order valence-electron chi connectivity index (χ0n) is 10.8. The van der Waals surface area contributed by atoms with Crippen molar-refractivity contribution in [1.82, 2.24) is 10.3 Å². The number of nitrogens with one attached hydrogen (secondary N) is 1. The molecule has 0 radical (unpaired) electrons. The van der Waals surface area contributed by atoms with Gasteiger partial charge >= 0.3 is 5.97 Å². The second-order valence-corrected chi connectivity index (χ2v) is 4.03. The van der Waals surface area contributed by atoms with Crippen LogP contribution in [0.1, 0.15) is 23.8 Å². The van der Waals surface area contributed by atoms with Crippen LogP contribution in [0.2, 0.25) is 0 Å². The van der Waals surface area contributed by atoms with Gasteiger partial charge < -0.3 is 10.1 Å². The predicted octanol–water partition coefficient (Wildman–Crippen LogP) is 0.903. The Hall–Kier alpha value is -2.42. The van der Waals surface area contributed by atoms with Crippen LogP contribution in [-0.2, 0) is 9.53 Å². The number of carbonyl (C=O) groups excluding carboxylic acids is 2. The highest BCUT2D eigenvalue weighted by Gasteiger charge is 2.24. The lowest BCUT2D eigenvalue weighted by Gasteiger charge is -2.17. The molecule has 0 aliphatic heterocycles. The second-order valence-electron chi connectivity index (χ2n) is 4.03. The number of esters is 1. The summed E-state index contributed by atoms with van der Waals surface area (Å²) in [4.78, 5) is 27.3. The van der Waals surface area contributed by atoms with Crippen LogP contribution in [0.25, 0.3) is 0 Å². The third-order valence-electron chi connectivity index (χ3n) is 2.50. The number of nitrogens with zero attached hydrogens (tertiary/aromatic N) is 2. The van der Waals surface area contributed by atoms with E-state index in [0.717, 1.165) is 0 Å². The minimum atomic E-state index is -0.853. The fraction of sp³-hybridized carbons (Fsp3) is 0.385. The average molecular weight is 261 g/mol. The third-order valence-corrected chi connectivity index (χ3v) is 2.50. The average Bonchev–Trinajstić information content (AvgIpc) is 2.46. The Balaban J connectivity index is 2.75. The van der Waals surface area contributed by atoms with E-state index in [1.807, 2.05) is 6.07 Å². The van der Waals surface area contributed by atoms with Gasteiger partial charge in [-0.3, -0.25) is 9.78 Å². The smallest absolute Gasteiger partial charge is 0.328 e. The van der Waals surface area contributed by atoms with Crippen molar-refractivity contribution in [1.29, 1.82) is 5.26 Å². The molecule has 100 valence electrons. The van der Waals surface area contributed by atoms with E-state index in [0.29, 0.717) is 0 Å². The Morgan fingerprint density at radius 1 is 1.53 bits per heavy atom. The van der Waals surface area contributed by atoms with Crippen LogP contribution in [0.3, 0.4) is 0 Å². The Morgan fingerprint density at radius 3 is 2.79 bits per heavy atom. The molecule has 6 heteroatoms. The van der Waals surface area contributed by atoms with Crippen LogP contribution in [0.5, 0.6) is 0 Å². The summed E-state index contributed by atoms with van der Waals surface area (Å²) >= 11 is 0. The summed E-state index contributed by atoms with van der Waals surface area (Å²) in [5.74, 6) is -1.42. The number of hydrogen-bond donors (Lipinski definition) is 1. The van der Waals surface area contributed by atoms with Gasteiger partial charge in [-0.1, -0.05) is 6.07 Å². The molecule has 0 bridgehead atoms. The predicted molar refractivity (Wildman–Crippen MR) is 66.9 cm³/mol. The molecule has 0 spiro atoms. The monoisotopic (exact) mass is 261 g/mol. The lowest BCUT2D eigenvalue weighted by atomic mass is 10.0. The van der Waals surface area contributed by atoms with Crippen LogP contribution >= 0.6 is 0 Å². The highest BCUT2D eigenvalue weighted by Crippen LogP contribution is 2.07. The number of ether oxygens (including phenoxy) is 1. The fourth-order valence-electron chi connectivity index (χ4n) is 1.49. The summed E-state index contributed by atoms with van der Waals surface area (Å²) in [5.41, 5.74) is 0.209. The lowest BCUT2D eigenvalue weighted by molar-refractivity contribution is -0.143. The van der Waals surface area contributed by atoms with Gasteiger partial charge in [-0.15, -0.1) is 0 Å². The minimum absolute atomic E-state index is 0.196. The first kappa shape index (κ1) is 14.6. The highest BCUT2D eigenvalue weighted by molar-refractivity contribution is 5.95. The highest BCUT2D eigenvalue weighted by atomic mass is 16.5. The lowest BCUT2D eigenvalue weighted by Crippen LogP contribution is -2.42. The molecule has 0 fully saturated rings. The van der Waals surface area contributed by atoms with Crippen molar-refractivity contribution in [2.24, 2.45) is 5.92 Å². The van der Waals surface area contributed by atoms with E-state index in [4.69, 9.17) is 5.26 Å². The van der Waals surface area contributed by atoms with Crippen LogP contribution in [-0.4, -0.2) is 30.0 Å². The standard InChI is InChI=1S/C13H15N3O3/c1-9(8-14)7-11(13(18)19-2)16-12(17)10-5-3-4-6-15-10/h3-6,9,11H,7H2,1-2H3,(H,16,17)/t9-,11+/m1/s1. The Labute approximate surface area is 111 Å². The van der Waals surface area contributed by atoms with Crippen molar-refractivity contribution >= 4 is 11.9 Å². The molecular weight excluding hydrogens is 246 g/mol. The Kier molecular flexibility index (Phi) is 5.48. The van der Waals surface area contributed by atoms with Crippen molar-refractivity contribution < 1.29 is 14.3 Å². The molecule has 1 rings (SSSR count). The van der Waals surface area contributed by atoms with Gasteiger partial charge in [-0.2, -0.15) is 5.26 Å². The Morgan fingerprint density at radius 2 is 2.26 bits per heavy atom. The first-order valence-electron chi connectivity index (χ1n) is 5.77. The van der Waals surface area contributed by atoms with Gasteiger partial charge in [0, 0.05) is 12.1 Å². The van der Waals surface area contributed by atoms with E-state index in [-0.39, 0.29) is 18.0 Å². The maximum Gasteiger partial charge on any atom is 0.328 e. The van der Waals surface area contributed by atoms with Crippen molar-refractivity contribution in [3.05, 3.63) is 30.1 Å². The van der Waals surface area contributed by atoms with Crippen LogP contribution in [0.4, 0.5) is 0 Å². The minimum Gasteiger partial charge on any atom is -0.467 e. The van der Waals surface area contributed by atoms with E-state index in [1.165, 1.54) is 19.4 Å². The molecule has 0 aliphatic carbocycles. The van der Waals surface area contributed by atoms with Crippen molar-refractivity contribution in [3.8, 4) is 6.07 Å². The summed E-state index contributed by atoms with van der Waals surface area (Å²) in [5, 5.41) is 11.3. The largest absolute Gasteiger partial charge is 0.467 e. The number of amides is 1. The Bertz CT molecular complexity index is 482. The number of methoxy groups -OCH3 is 1. The zero-order valence-corrected chi connectivity index (χ0v) is 10.8. The molecular formula is C13H15N3O3. The van der Waals surface area contributed by atoms with Crippen LogP contribution < -0.4 is 5.32 Å². The van der Waals surface area contributed by atoms with E-state index < -0.39 is 17.9 Å². The number of rotatable bonds is 5. The topological polar surface area (TPSA) is 92.1 Å². The first-order chi connectivity index (χ1) is 9.08. The van der Waals surface area contributed by atoms with E-state index in [1.54, 1.807) is 19.1 Å². The maximum absolute atomic E-state index is 11.9. The molecule has 19 heavy (non-hydrogen) atoms. The van der Waals surface area contributed by atoms with Crippen molar-refractivity contribution in [3.63, 3.8) is 0 Å². The van der Waals surface area contributed by atoms with Gasteiger partial charge in [-0.05, 0) is 25.5 Å². The first-order valence-corrected chi connectivity index (χ1v) is 5.77. The van der Waals surface area contributed by atoms with Gasteiger partial charge in [0.1, 0.15) is 11.7 Å². The van der Waals surface area contributed by atoms with E-state index in [2.05, 4.69) is 15.0 Å². The number of pyridine rings is 1. The third kappa shape index (κ3) is 4.39. The second kappa shape index (κ2) is 7.11. The number of aromatic nitrogens is 1. The molecule has 0 aromatic carbocycles. The molecule has 0 aliphatic rings.